The third-order valence-electron chi connectivity index (χ3n) is 4.87. The molecule has 6 heteroatoms. The number of amides is 2. The van der Waals surface area contributed by atoms with Gasteiger partial charge in [-0.15, -0.1) is 11.3 Å². The van der Waals surface area contributed by atoms with E-state index in [1.54, 1.807) is 6.20 Å². The third kappa shape index (κ3) is 4.30. The quantitative estimate of drug-likeness (QED) is 0.896. The molecule has 0 bridgehead atoms. The second-order valence-corrected chi connectivity index (χ2v) is 8.05. The minimum absolute atomic E-state index is 0.00657. The van der Waals surface area contributed by atoms with Crippen LogP contribution in [-0.4, -0.2) is 41.3 Å². The van der Waals surface area contributed by atoms with Crippen LogP contribution in [0.25, 0.3) is 10.6 Å². The molecule has 0 radical (unpaired) electrons. The van der Waals surface area contributed by atoms with Gasteiger partial charge in [0.05, 0.1) is 6.20 Å². The number of nitrogens with zero attached hydrogens (tertiary/aromatic N) is 2. The lowest BCUT2D eigenvalue weighted by Gasteiger charge is -2.31. The summed E-state index contributed by atoms with van der Waals surface area (Å²) < 4.78 is 0. The molecule has 1 aromatic carbocycles. The molecule has 2 heterocycles. The van der Waals surface area contributed by atoms with Crippen LogP contribution in [0.1, 0.15) is 40.6 Å². The van der Waals surface area contributed by atoms with Crippen molar-refractivity contribution in [2.75, 3.05) is 19.6 Å². The Kier molecular flexibility index (Phi) is 5.71. The fourth-order valence-electron chi connectivity index (χ4n) is 3.34. The zero-order chi connectivity index (χ0) is 18.7. The van der Waals surface area contributed by atoms with Crippen molar-refractivity contribution < 1.29 is 9.59 Å². The molecule has 0 aliphatic carbocycles. The maximum absolute atomic E-state index is 12.8. The van der Waals surface area contributed by atoms with E-state index in [0.717, 1.165) is 36.5 Å². The van der Waals surface area contributed by atoms with E-state index in [2.05, 4.69) is 42.3 Å². The van der Waals surface area contributed by atoms with Gasteiger partial charge in [0.15, 0.2) is 0 Å². The van der Waals surface area contributed by atoms with E-state index in [1.165, 1.54) is 29.4 Å². The number of carbonyl (C=O) groups excluding carboxylic acids is 2. The number of hydrogen-bond acceptors (Lipinski definition) is 4. The lowest BCUT2D eigenvalue weighted by molar-refractivity contribution is -0.119. The standard InChI is InChI=1S/C20H25N3O2S/c1-13-4-5-17(14(2)10-13)19-22-12-18(26-19)20(25)23-8-6-16(7-9-23)11-21-15(3)24/h4-5,10,12,16H,6-9,11H2,1-3H3,(H,21,24). The van der Waals surface area contributed by atoms with Crippen LogP contribution < -0.4 is 5.32 Å². The van der Waals surface area contributed by atoms with Gasteiger partial charge in [0.25, 0.3) is 5.91 Å². The van der Waals surface area contributed by atoms with Crippen molar-refractivity contribution in [2.45, 2.75) is 33.6 Å². The van der Waals surface area contributed by atoms with E-state index in [-0.39, 0.29) is 11.8 Å². The Morgan fingerprint density at radius 1 is 1.27 bits per heavy atom. The zero-order valence-corrected chi connectivity index (χ0v) is 16.4. The predicted octanol–water partition coefficient (Wildman–Crippen LogP) is 3.42. The van der Waals surface area contributed by atoms with Gasteiger partial charge in [-0.05, 0) is 38.2 Å². The lowest BCUT2D eigenvalue weighted by Crippen LogP contribution is -2.41. The van der Waals surface area contributed by atoms with Gasteiger partial charge in [0.2, 0.25) is 5.91 Å². The average Bonchev–Trinajstić information content (AvgIpc) is 3.09. The number of hydrogen-bond donors (Lipinski definition) is 1. The predicted molar refractivity (Wildman–Crippen MR) is 104 cm³/mol. The molecular formula is C20H25N3O2S. The fraction of sp³-hybridized carbons (Fsp3) is 0.450. The number of likely N-dealkylation sites (tertiary alicyclic amines) is 1. The number of benzene rings is 1. The number of nitrogens with one attached hydrogen (secondary N) is 1. The molecule has 0 saturated carbocycles. The highest BCUT2D eigenvalue weighted by atomic mass is 32.1. The van der Waals surface area contributed by atoms with Crippen LogP contribution in [-0.2, 0) is 4.79 Å². The summed E-state index contributed by atoms with van der Waals surface area (Å²) in [7, 11) is 0. The molecule has 26 heavy (non-hydrogen) atoms. The number of aromatic nitrogens is 1. The Labute approximate surface area is 158 Å². The maximum atomic E-state index is 12.8. The van der Waals surface area contributed by atoms with Crippen molar-refractivity contribution in [3.05, 3.63) is 40.4 Å². The first-order valence-electron chi connectivity index (χ1n) is 9.01. The highest BCUT2D eigenvalue weighted by Crippen LogP contribution is 2.30. The smallest absolute Gasteiger partial charge is 0.265 e. The van der Waals surface area contributed by atoms with Gasteiger partial charge in [-0.25, -0.2) is 4.98 Å². The number of aryl methyl sites for hydroxylation is 2. The summed E-state index contributed by atoms with van der Waals surface area (Å²) in [6.07, 6.45) is 3.55. The molecule has 1 saturated heterocycles. The first kappa shape index (κ1) is 18.6. The van der Waals surface area contributed by atoms with Crippen LogP contribution in [0.4, 0.5) is 0 Å². The summed E-state index contributed by atoms with van der Waals surface area (Å²) in [5, 5.41) is 3.77. The topological polar surface area (TPSA) is 62.3 Å². The lowest BCUT2D eigenvalue weighted by atomic mass is 9.96. The van der Waals surface area contributed by atoms with E-state index >= 15 is 0 Å². The Morgan fingerprint density at radius 3 is 2.65 bits per heavy atom. The molecule has 1 N–H and O–H groups in total. The minimum Gasteiger partial charge on any atom is -0.356 e. The molecule has 2 amide bonds. The van der Waals surface area contributed by atoms with Gasteiger partial charge in [-0.3, -0.25) is 9.59 Å². The highest BCUT2D eigenvalue weighted by Gasteiger charge is 2.25. The monoisotopic (exact) mass is 371 g/mol. The number of thiazole rings is 1. The summed E-state index contributed by atoms with van der Waals surface area (Å²) in [6.45, 7) is 7.86. The fourth-order valence-corrected chi connectivity index (χ4v) is 4.31. The van der Waals surface area contributed by atoms with Crippen LogP contribution >= 0.6 is 11.3 Å². The Morgan fingerprint density at radius 2 is 2.00 bits per heavy atom. The molecule has 1 aliphatic rings. The largest absolute Gasteiger partial charge is 0.356 e. The van der Waals surface area contributed by atoms with Crippen LogP contribution in [0.3, 0.4) is 0 Å². The number of carbonyl (C=O) groups is 2. The normalized spacial score (nSPS) is 15.1. The molecule has 0 spiro atoms. The third-order valence-corrected chi connectivity index (χ3v) is 5.89. The first-order valence-corrected chi connectivity index (χ1v) is 9.83. The summed E-state index contributed by atoms with van der Waals surface area (Å²) in [4.78, 5) is 30.9. The summed E-state index contributed by atoms with van der Waals surface area (Å²) >= 11 is 1.46. The summed E-state index contributed by atoms with van der Waals surface area (Å²) in [6, 6.07) is 6.29. The van der Waals surface area contributed by atoms with Gasteiger partial charge in [0, 0.05) is 32.1 Å². The van der Waals surface area contributed by atoms with Gasteiger partial charge >= 0.3 is 0 Å². The number of piperidine rings is 1. The molecule has 0 atom stereocenters. The van der Waals surface area contributed by atoms with Crippen molar-refractivity contribution in [1.82, 2.24) is 15.2 Å². The van der Waals surface area contributed by atoms with Crippen molar-refractivity contribution in [2.24, 2.45) is 5.92 Å². The van der Waals surface area contributed by atoms with Crippen molar-refractivity contribution in [3.63, 3.8) is 0 Å². The molecule has 1 aliphatic heterocycles. The second-order valence-electron chi connectivity index (χ2n) is 7.02. The second kappa shape index (κ2) is 7.99. The molecule has 1 fully saturated rings. The molecule has 138 valence electrons. The van der Waals surface area contributed by atoms with Crippen molar-refractivity contribution in [1.29, 1.82) is 0 Å². The Bertz CT molecular complexity index is 807. The molecule has 3 rings (SSSR count). The van der Waals surface area contributed by atoms with E-state index in [1.807, 2.05) is 4.90 Å². The molecule has 2 aromatic rings. The molecule has 5 nitrogen and oxygen atoms in total. The van der Waals surface area contributed by atoms with Crippen LogP contribution in [0, 0.1) is 19.8 Å². The van der Waals surface area contributed by atoms with Crippen LogP contribution in [0.5, 0.6) is 0 Å². The number of rotatable bonds is 4. The van der Waals surface area contributed by atoms with Gasteiger partial charge in [-0.1, -0.05) is 23.8 Å². The van der Waals surface area contributed by atoms with Gasteiger partial charge in [-0.2, -0.15) is 0 Å². The van der Waals surface area contributed by atoms with E-state index in [4.69, 9.17) is 0 Å². The Balaban J connectivity index is 1.63. The van der Waals surface area contributed by atoms with Crippen molar-refractivity contribution >= 4 is 23.2 Å². The van der Waals surface area contributed by atoms with Gasteiger partial charge < -0.3 is 10.2 Å². The van der Waals surface area contributed by atoms with E-state index in [9.17, 15) is 9.59 Å². The maximum Gasteiger partial charge on any atom is 0.265 e. The Hall–Kier alpha value is -2.21. The highest BCUT2D eigenvalue weighted by molar-refractivity contribution is 7.16. The molecular weight excluding hydrogens is 346 g/mol. The van der Waals surface area contributed by atoms with Gasteiger partial charge in [0.1, 0.15) is 9.88 Å². The average molecular weight is 372 g/mol. The van der Waals surface area contributed by atoms with E-state index in [0.29, 0.717) is 17.3 Å². The molecule has 1 aromatic heterocycles. The SMILES string of the molecule is CC(=O)NCC1CCN(C(=O)c2cnc(-c3ccc(C)cc3C)s2)CC1. The summed E-state index contributed by atoms with van der Waals surface area (Å²) in [5.74, 6) is 0.527. The minimum atomic E-state index is 0.00657. The van der Waals surface area contributed by atoms with Crippen LogP contribution in [0.15, 0.2) is 24.4 Å². The molecule has 0 unspecified atom stereocenters. The van der Waals surface area contributed by atoms with Crippen LogP contribution in [0.2, 0.25) is 0 Å². The first-order chi connectivity index (χ1) is 12.4. The summed E-state index contributed by atoms with van der Waals surface area (Å²) in [5.41, 5.74) is 3.49. The zero-order valence-electron chi connectivity index (χ0n) is 15.5. The van der Waals surface area contributed by atoms with E-state index < -0.39 is 0 Å². The van der Waals surface area contributed by atoms with Crippen molar-refractivity contribution in [3.8, 4) is 10.6 Å².